The molecule has 1 saturated carbocycles. The Labute approximate surface area is 196 Å². The Kier molecular flexibility index (Phi) is 7.45. The van der Waals surface area contributed by atoms with Crippen molar-refractivity contribution in [2.24, 2.45) is 0 Å². The molecule has 1 fully saturated rings. The number of nitrogens with zero attached hydrogens (tertiary/aromatic N) is 4. The summed E-state index contributed by atoms with van der Waals surface area (Å²) in [7, 11) is 1.86. The van der Waals surface area contributed by atoms with Crippen LogP contribution in [0.25, 0.3) is 11.4 Å². The molecule has 5 nitrogen and oxygen atoms in total. The number of carbonyl (C=O) groups is 1. The molecule has 0 aliphatic heterocycles. The van der Waals surface area contributed by atoms with Gasteiger partial charge >= 0.3 is 0 Å². The lowest BCUT2D eigenvalue weighted by Crippen LogP contribution is -2.28. The number of carbonyl (C=O) groups excluding carboxylic acids is 1. The second kappa shape index (κ2) is 10.5. The minimum atomic E-state index is 0.0947. The summed E-state index contributed by atoms with van der Waals surface area (Å²) in [5, 5.41) is 9.87. The van der Waals surface area contributed by atoms with E-state index in [1.807, 2.05) is 49.5 Å². The van der Waals surface area contributed by atoms with E-state index in [2.05, 4.69) is 42.8 Å². The molecule has 162 valence electrons. The van der Waals surface area contributed by atoms with Crippen molar-refractivity contribution in [2.45, 2.75) is 49.8 Å². The summed E-state index contributed by atoms with van der Waals surface area (Å²) in [4.78, 5) is 14.5. The van der Waals surface area contributed by atoms with Gasteiger partial charge in [0.1, 0.15) is 0 Å². The average Bonchev–Trinajstić information content (AvgIpc) is 3.23. The lowest BCUT2D eigenvalue weighted by atomic mass is 9.95. The van der Waals surface area contributed by atoms with Crippen LogP contribution in [0.15, 0.2) is 64.2 Å². The Morgan fingerprint density at radius 3 is 2.48 bits per heavy atom. The van der Waals surface area contributed by atoms with Gasteiger partial charge in [0.2, 0.25) is 5.91 Å². The third kappa shape index (κ3) is 5.57. The van der Waals surface area contributed by atoms with Gasteiger partial charge in [-0.05, 0) is 30.5 Å². The summed E-state index contributed by atoms with van der Waals surface area (Å²) in [6.07, 6.45) is 6.02. The molecule has 31 heavy (non-hydrogen) atoms. The fourth-order valence-electron chi connectivity index (χ4n) is 4.02. The Balaban J connectivity index is 1.50. The van der Waals surface area contributed by atoms with E-state index >= 15 is 0 Å². The Morgan fingerprint density at radius 2 is 1.77 bits per heavy atom. The van der Waals surface area contributed by atoms with Gasteiger partial charge in [-0.2, -0.15) is 0 Å². The molecule has 3 aromatic rings. The standard InChI is InChI=1S/C24H27BrN4OS/c1-28(16-18-8-4-2-5-9-18)22(30)17-31-24-27-26-23(19-12-14-20(25)15-13-19)29(24)21-10-6-3-7-11-21/h2,4-5,8-9,12-15,21H,3,6-7,10-11,16-17H2,1H3. The van der Waals surface area contributed by atoms with Crippen LogP contribution in [0.2, 0.25) is 0 Å². The monoisotopic (exact) mass is 498 g/mol. The first-order chi connectivity index (χ1) is 15.1. The van der Waals surface area contributed by atoms with Crippen molar-refractivity contribution < 1.29 is 4.79 Å². The minimum absolute atomic E-state index is 0.0947. The molecule has 0 spiro atoms. The highest BCUT2D eigenvalue weighted by atomic mass is 79.9. The molecule has 0 N–H and O–H groups in total. The van der Waals surface area contributed by atoms with E-state index in [0.717, 1.165) is 39.4 Å². The van der Waals surface area contributed by atoms with E-state index in [4.69, 9.17) is 0 Å². The van der Waals surface area contributed by atoms with Gasteiger partial charge in [0, 0.05) is 29.7 Å². The summed E-state index contributed by atoms with van der Waals surface area (Å²) < 4.78 is 3.32. The summed E-state index contributed by atoms with van der Waals surface area (Å²) in [5.74, 6) is 1.35. The van der Waals surface area contributed by atoms with Crippen LogP contribution in [0.1, 0.15) is 43.7 Å². The predicted octanol–water partition coefficient (Wildman–Crippen LogP) is 5.96. The minimum Gasteiger partial charge on any atom is -0.341 e. The summed E-state index contributed by atoms with van der Waals surface area (Å²) in [5.41, 5.74) is 2.19. The zero-order chi connectivity index (χ0) is 21.6. The SMILES string of the molecule is CN(Cc1ccccc1)C(=O)CSc1nnc(-c2ccc(Br)cc2)n1C1CCCCC1. The Morgan fingerprint density at radius 1 is 1.06 bits per heavy atom. The normalized spacial score (nSPS) is 14.5. The van der Waals surface area contributed by atoms with Crippen molar-refractivity contribution in [3.63, 3.8) is 0 Å². The van der Waals surface area contributed by atoms with Crippen molar-refractivity contribution in [1.82, 2.24) is 19.7 Å². The number of hydrogen-bond acceptors (Lipinski definition) is 4. The van der Waals surface area contributed by atoms with Gasteiger partial charge in [-0.25, -0.2) is 0 Å². The fourth-order valence-corrected chi connectivity index (χ4v) is 5.23. The maximum Gasteiger partial charge on any atom is 0.233 e. The molecule has 0 atom stereocenters. The average molecular weight is 499 g/mol. The van der Waals surface area contributed by atoms with Crippen LogP contribution in [-0.2, 0) is 11.3 Å². The molecule has 4 rings (SSSR count). The fraction of sp³-hybridized carbons (Fsp3) is 0.375. The quantitative estimate of drug-likeness (QED) is 0.376. The zero-order valence-corrected chi connectivity index (χ0v) is 20.1. The van der Waals surface area contributed by atoms with E-state index in [-0.39, 0.29) is 5.91 Å². The lowest BCUT2D eigenvalue weighted by Gasteiger charge is -2.25. The number of amides is 1. The first kappa shape index (κ1) is 22.1. The predicted molar refractivity (Wildman–Crippen MR) is 129 cm³/mol. The van der Waals surface area contributed by atoms with Crippen molar-refractivity contribution >= 4 is 33.6 Å². The topological polar surface area (TPSA) is 51.0 Å². The molecular weight excluding hydrogens is 472 g/mol. The Hall–Kier alpha value is -2.12. The van der Waals surface area contributed by atoms with Gasteiger partial charge in [0.25, 0.3) is 0 Å². The third-order valence-electron chi connectivity index (χ3n) is 5.72. The first-order valence-corrected chi connectivity index (χ1v) is 12.5. The molecule has 1 aliphatic rings. The maximum absolute atomic E-state index is 12.8. The van der Waals surface area contributed by atoms with E-state index in [1.165, 1.54) is 31.0 Å². The Bertz CT molecular complexity index is 1000. The number of rotatable bonds is 7. The molecule has 1 aromatic heterocycles. The van der Waals surface area contributed by atoms with Gasteiger partial charge < -0.3 is 4.90 Å². The number of thioether (sulfide) groups is 1. The molecule has 0 radical (unpaired) electrons. The summed E-state index contributed by atoms with van der Waals surface area (Å²) in [6, 6.07) is 18.7. The molecular formula is C24H27BrN4OS. The van der Waals surface area contributed by atoms with Crippen molar-refractivity contribution in [3.8, 4) is 11.4 Å². The molecule has 0 unspecified atom stereocenters. The number of halogens is 1. The molecule has 1 heterocycles. The van der Waals surface area contributed by atoms with Gasteiger partial charge in [0.15, 0.2) is 11.0 Å². The molecule has 1 aliphatic carbocycles. The largest absolute Gasteiger partial charge is 0.341 e. The molecule has 2 aromatic carbocycles. The molecule has 1 amide bonds. The highest BCUT2D eigenvalue weighted by Gasteiger charge is 2.24. The second-order valence-corrected chi connectivity index (χ2v) is 9.86. The van der Waals surface area contributed by atoms with Crippen LogP contribution < -0.4 is 0 Å². The van der Waals surface area contributed by atoms with Crippen LogP contribution in [-0.4, -0.2) is 38.4 Å². The van der Waals surface area contributed by atoms with Gasteiger partial charge in [-0.3, -0.25) is 9.36 Å². The van der Waals surface area contributed by atoms with Crippen molar-refractivity contribution in [1.29, 1.82) is 0 Å². The number of aromatic nitrogens is 3. The van der Waals surface area contributed by atoms with Crippen LogP contribution >= 0.6 is 27.7 Å². The maximum atomic E-state index is 12.8. The van der Waals surface area contributed by atoms with Crippen molar-refractivity contribution in [3.05, 3.63) is 64.6 Å². The second-order valence-electron chi connectivity index (χ2n) is 8.00. The number of benzene rings is 2. The van der Waals surface area contributed by atoms with E-state index < -0.39 is 0 Å². The molecule has 0 bridgehead atoms. The van der Waals surface area contributed by atoms with Gasteiger partial charge in [-0.15, -0.1) is 10.2 Å². The molecule has 7 heteroatoms. The summed E-state index contributed by atoms with van der Waals surface area (Å²) in [6.45, 7) is 0.611. The van der Waals surface area contributed by atoms with Crippen LogP contribution in [0.3, 0.4) is 0 Å². The smallest absolute Gasteiger partial charge is 0.233 e. The zero-order valence-electron chi connectivity index (χ0n) is 17.7. The van der Waals surface area contributed by atoms with E-state index in [0.29, 0.717) is 18.3 Å². The summed E-state index contributed by atoms with van der Waals surface area (Å²) >= 11 is 5.00. The highest BCUT2D eigenvalue weighted by Crippen LogP contribution is 2.35. The van der Waals surface area contributed by atoms with Gasteiger partial charge in [0.05, 0.1) is 5.75 Å². The number of hydrogen-bond donors (Lipinski definition) is 0. The lowest BCUT2D eigenvalue weighted by molar-refractivity contribution is -0.127. The van der Waals surface area contributed by atoms with E-state index in [9.17, 15) is 4.79 Å². The van der Waals surface area contributed by atoms with E-state index in [1.54, 1.807) is 4.90 Å². The van der Waals surface area contributed by atoms with Gasteiger partial charge in [-0.1, -0.05) is 89.4 Å². The highest BCUT2D eigenvalue weighted by molar-refractivity contribution is 9.10. The first-order valence-electron chi connectivity index (χ1n) is 10.7. The third-order valence-corrected chi connectivity index (χ3v) is 7.18. The van der Waals surface area contributed by atoms with Crippen LogP contribution in [0.4, 0.5) is 0 Å². The van der Waals surface area contributed by atoms with Crippen LogP contribution in [0.5, 0.6) is 0 Å². The van der Waals surface area contributed by atoms with Crippen molar-refractivity contribution in [2.75, 3.05) is 12.8 Å². The molecule has 0 saturated heterocycles. The van der Waals surface area contributed by atoms with Crippen LogP contribution in [0, 0.1) is 0 Å².